The molecule has 8 aromatic rings. The van der Waals surface area contributed by atoms with Crippen LogP contribution in [0.3, 0.4) is 0 Å². The second-order valence-corrected chi connectivity index (χ2v) is 20.2. The molecule has 3 fully saturated rings. The summed E-state index contributed by atoms with van der Waals surface area (Å²) in [4.78, 5) is 89.8. The van der Waals surface area contributed by atoms with E-state index in [0.717, 1.165) is 30.8 Å². The fourth-order valence-electron chi connectivity index (χ4n) is 10.6. The number of hydrogen-bond donors (Lipinski definition) is 5. The van der Waals surface area contributed by atoms with Gasteiger partial charge in [0, 0.05) is 115 Å². The van der Waals surface area contributed by atoms with Crippen LogP contribution in [0, 0.1) is 0 Å². The first kappa shape index (κ1) is 50.1. The number of benzene rings is 4. The van der Waals surface area contributed by atoms with Crippen LogP contribution in [0.5, 0.6) is 0 Å². The summed E-state index contributed by atoms with van der Waals surface area (Å²) in [5.41, 5.74) is 5.94. The summed E-state index contributed by atoms with van der Waals surface area (Å²) in [6.07, 6.45) is 0.932. The van der Waals surface area contributed by atoms with E-state index in [1.807, 2.05) is 77.7 Å². The normalized spacial score (nSPS) is 16.4. The summed E-state index contributed by atoms with van der Waals surface area (Å²) in [7, 11) is 0. The highest BCUT2D eigenvalue weighted by Crippen LogP contribution is 2.36. The molecule has 2 atom stereocenters. The van der Waals surface area contributed by atoms with E-state index in [4.69, 9.17) is 43.1 Å². The molecule has 0 spiro atoms. The van der Waals surface area contributed by atoms with Crippen LogP contribution in [0.1, 0.15) is 46.8 Å². The van der Waals surface area contributed by atoms with E-state index >= 15 is 0 Å². The molecule has 0 saturated carbocycles. The van der Waals surface area contributed by atoms with Crippen LogP contribution < -0.4 is 25.8 Å². The molecule has 388 valence electrons. The van der Waals surface area contributed by atoms with Crippen molar-refractivity contribution in [3.63, 3.8) is 0 Å². The van der Waals surface area contributed by atoms with Crippen LogP contribution in [-0.2, 0) is 16.1 Å². The van der Waals surface area contributed by atoms with Crippen LogP contribution in [0.2, 0.25) is 10.0 Å². The molecule has 2 bridgehead atoms. The fourth-order valence-corrected chi connectivity index (χ4v) is 11.0. The number of likely N-dealkylation sites (tertiary alicyclic amines) is 2. The standard InChI is InChI=1S/C56H56Cl2N14O4/c1-34(73)59-19-20-60-51-43-30-46(56(76)72-33-40-28-41(72)32-70(40)31-36-11-5-3-6-12-36)63-54(43)67-50(65-51)38-15-9-16-39(27-38)71(35(2)74)22-21-61-52-42-29-45(62-53(42)66-49(64-52)37-13-7-4-8-14-37)55(75)69-25-23-68(24-26-69)47-18-10-17-44(57)48(47)58/h3-18,27,29-30,40-41H,19-26,28,31-33H2,1-2H3,(H,59,73)(H2,60,63,65,67)(H2,61,62,64,66). The monoisotopic (exact) mass is 1060 g/mol. The van der Waals surface area contributed by atoms with Crippen molar-refractivity contribution < 1.29 is 19.2 Å². The van der Waals surface area contributed by atoms with Gasteiger partial charge in [-0.1, -0.05) is 102 Å². The summed E-state index contributed by atoms with van der Waals surface area (Å²) in [5, 5.41) is 11.9. The first-order valence-corrected chi connectivity index (χ1v) is 26.2. The Morgan fingerprint density at radius 1 is 0.658 bits per heavy atom. The van der Waals surface area contributed by atoms with E-state index in [9.17, 15) is 19.2 Å². The molecule has 5 N–H and O–H groups in total. The van der Waals surface area contributed by atoms with Gasteiger partial charge in [0.15, 0.2) is 11.6 Å². The lowest BCUT2D eigenvalue weighted by molar-refractivity contribution is -0.119. The van der Waals surface area contributed by atoms with E-state index < -0.39 is 0 Å². The minimum atomic E-state index is -0.188. The number of rotatable bonds is 16. The number of piperazine rings is 2. The van der Waals surface area contributed by atoms with E-state index in [-0.39, 0.29) is 42.3 Å². The highest BCUT2D eigenvalue weighted by Gasteiger charge is 2.45. The average Bonchev–Trinajstić information content (AvgIpc) is 4.32. The SMILES string of the molecule is CC(=O)NCCNc1nc(-c2cccc(N(CCNc3nc(-c4ccccc4)nc4[nH]c(C(=O)N5CCN(c6cccc(Cl)c6Cl)CC5)cc34)C(C)=O)c2)nc2[nH]c(C(=O)N3CC4CC3CN4Cc3ccccc3)cc12. The number of carbonyl (C=O) groups excluding carboxylic acids is 4. The fraction of sp³-hybridized carbons (Fsp3) is 0.286. The molecule has 3 aliphatic heterocycles. The maximum absolute atomic E-state index is 14.2. The van der Waals surface area contributed by atoms with Crippen LogP contribution in [0.15, 0.2) is 115 Å². The largest absolute Gasteiger partial charge is 0.368 e. The van der Waals surface area contributed by atoms with Crippen molar-refractivity contribution in [1.82, 2.24) is 49.9 Å². The van der Waals surface area contributed by atoms with Crippen molar-refractivity contribution in [2.75, 3.05) is 85.9 Å². The predicted octanol–water partition coefficient (Wildman–Crippen LogP) is 7.94. The number of amides is 4. The lowest BCUT2D eigenvalue weighted by atomic mass is 10.1. The summed E-state index contributed by atoms with van der Waals surface area (Å²) >= 11 is 12.8. The number of halogens is 2. The van der Waals surface area contributed by atoms with Crippen LogP contribution >= 0.6 is 23.2 Å². The van der Waals surface area contributed by atoms with Crippen molar-refractivity contribution in [3.8, 4) is 22.8 Å². The molecule has 3 aliphatic rings. The molecule has 3 saturated heterocycles. The molecule has 18 nitrogen and oxygen atoms in total. The van der Waals surface area contributed by atoms with Crippen LogP contribution in [0.4, 0.5) is 23.0 Å². The maximum atomic E-state index is 14.2. The van der Waals surface area contributed by atoms with Crippen molar-refractivity contribution in [2.24, 2.45) is 0 Å². The number of H-pyrrole nitrogens is 2. The maximum Gasteiger partial charge on any atom is 0.270 e. The molecule has 4 amide bonds. The van der Waals surface area contributed by atoms with Crippen molar-refractivity contribution in [1.29, 1.82) is 0 Å². The van der Waals surface area contributed by atoms with Gasteiger partial charge >= 0.3 is 0 Å². The molecule has 20 heteroatoms. The zero-order valence-corrected chi connectivity index (χ0v) is 43.5. The Morgan fingerprint density at radius 2 is 1.29 bits per heavy atom. The van der Waals surface area contributed by atoms with Gasteiger partial charge < -0.3 is 45.5 Å². The number of aromatic nitrogens is 6. The first-order chi connectivity index (χ1) is 36.9. The van der Waals surface area contributed by atoms with Crippen LogP contribution in [0.25, 0.3) is 44.8 Å². The van der Waals surface area contributed by atoms with E-state index in [1.54, 1.807) is 28.0 Å². The smallest absolute Gasteiger partial charge is 0.270 e. The lowest BCUT2D eigenvalue weighted by Crippen LogP contribution is -2.49. The molecule has 76 heavy (non-hydrogen) atoms. The molecule has 11 rings (SSSR count). The summed E-state index contributed by atoms with van der Waals surface area (Å²) < 4.78 is 0. The molecule has 7 heterocycles. The Labute approximate surface area is 448 Å². The third kappa shape index (κ3) is 10.5. The minimum Gasteiger partial charge on any atom is -0.368 e. The van der Waals surface area contributed by atoms with E-state index in [2.05, 4.69) is 60.0 Å². The molecule has 2 unspecified atom stereocenters. The minimum absolute atomic E-state index is 0.0841. The van der Waals surface area contributed by atoms with Gasteiger partial charge in [-0.15, -0.1) is 0 Å². The Bertz CT molecular complexity index is 3470. The summed E-state index contributed by atoms with van der Waals surface area (Å²) in [6.45, 7) is 8.70. The average molecular weight is 1060 g/mol. The summed E-state index contributed by atoms with van der Waals surface area (Å²) in [6, 6.07) is 37.0. The van der Waals surface area contributed by atoms with Gasteiger partial charge in [0.25, 0.3) is 11.8 Å². The third-order valence-corrected chi connectivity index (χ3v) is 15.2. The van der Waals surface area contributed by atoms with Gasteiger partial charge in [-0.05, 0) is 48.4 Å². The van der Waals surface area contributed by atoms with Gasteiger partial charge in [0.2, 0.25) is 11.8 Å². The highest BCUT2D eigenvalue weighted by molar-refractivity contribution is 6.43. The lowest BCUT2D eigenvalue weighted by Gasteiger charge is -2.36. The molecule has 0 aliphatic carbocycles. The van der Waals surface area contributed by atoms with Gasteiger partial charge in [-0.25, -0.2) is 19.9 Å². The van der Waals surface area contributed by atoms with Gasteiger partial charge in [0.05, 0.1) is 26.5 Å². The zero-order chi connectivity index (χ0) is 52.5. The molecular weight excluding hydrogens is 1000 g/mol. The second-order valence-electron chi connectivity index (χ2n) is 19.4. The number of hydrogen-bond acceptors (Lipinski definition) is 12. The highest BCUT2D eigenvalue weighted by atomic mass is 35.5. The predicted molar refractivity (Wildman–Crippen MR) is 297 cm³/mol. The number of aromatic amines is 2. The molecule has 4 aromatic heterocycles. The van der Waals surface area contributed by atoms with Crippen molar-refractivity contribution >= 4 is 91.9 Å². The van der Waals surface area contributed by atoms with Gasteiger partial charge in [0.1, 0.15) is 34.3 Å². The number of nitrogens with zero attached hydrogens (tertiary/aromatic N) is 9. The molecule has 0 radical (unpaired) electrons. The van der Waals surface area contributed by atoms with Gasteiger partial charge in [-0.3, -0.25) is 24.1 Å². The number of anilines is 4. The summed E-state index contributed by atoms with van der Waals surface area (Å²) in [5.74, 6) is 1.26. The van der Waals surface area contributed by atoms with Crippen molar-refractivity contribution in [3.05, 3.63) is 142 Å². The van der Waals surface area contributed by atoms with Crippen molar-refractivity contribution in [2.45, 2.75) is 38.9 Å². The molecular formula is C56H56Cl2N14O4. The van der Waals surface area contributed by atoms with E-state index in [0.29, 0.717) is 130 Å². The first-order valence-electron chi connectivity index (χ1n) is 25.5. The van der Waals surface area contributed by atoms with E-state index in [1.165, 1.54) is 19.4 Å². The molecule has 4 aromatic carbocycles. The zero-order valence-electron chi connectivity index (χ0n) is 42.0. The van der Waals surface area contributed by atoms with Crippen LogP contribution in [-0.4, -0.2) is 146 Å². The van der Waals surface area contributed by atoms with Gasteiger partial charge in [-0.2, -0.15) is 0 Å². The second kappa shape index (κ2) is 21.7. The Hall–Kier alpha value is -8.06. The Kier molecular flexibility index (Phi) is 14.3. The Morgan fingerprint density at radius 3 is 1.95 bits per heavy atom. The number of carbonyl (C=O) groups is 4. The Balaban J connectivity index is 0.814. The number of nitrogens with one attached hydrogen (secondary N) is 5. The number of fused-ring (bicyclic) bond motifs is 4. The third-order valence-electron chi connectivity index (χ3n) is 14.4. The topological polar surface area (TPSA) is 204 Å². The quantitative estimate of drug-likeness (QED) is 0.0586.